The van der Waals surface area contributed by atoms with Crippen LogP contribution in [0, 0.1) is 0 Å². The van der Waals surface area contributed by atoms with E-state index in [1.807, 2.05) is 37.3 Å². The number of amides is 1. The first-order valence-corrected chi connectivity index (χ1v) is 7.97. The van der Waals surface area contributed by atoms with Crippen LogP contribution in [0.4, 0.5) is 11.4 Å². The Kier molecular flexibility index (Phi) is 6.41. The normalized spacial score (nSPS) is 10.2. The summed E-state index contributed by atoms with van der Waals surface area (Å²) in [5.41, 5.74) is 2.03. The van der Waals surface area contributed by atoms with Crippen molar-refractivity contribution in [2.24, 2.45) is 0 Å². The fourth-order valence-electron chi connectivity index (χ4n) is 2.04. The molecular formula is C18H23N3O2. The zero-order valence-electron chi connectivity index (χ0n) is 13.6. The Labute approximate surface area is 137 Å². The quantitative estimate of drug-likeness (QED) is 0.724. The Morgan fingerprint density at radius 3 is 2.43 bits per heavy atom. The van der Waals surface area contributed by atoms with E-state index in [-0.39, 0.29) is 5.91 Å². The number of pyridine rings is 1. The molecule has 0 spiro atoms. The molecule has 2 rings (SSSR count). The van der Waals surface area contributed by atoms with Crippen LogP contribution in [-0.4, -0.2) is 24.0 Å². The summed E-state index contributed by atoms with van der Waals surface area (Å²) in [4.78, 5) is 16.4. The first-order chi connectivity index (χ1) is 11.2. The van der Waals surface area contributed by atoms with E-state index in [1.54, 1.807) is 12.3 Å². The molecule has 0 fully saturated rings. The van der Waals surface area contributed by atoms with Crippen LogP contribution >= 0.6 is 0 Å². The van der Waals surface area contributed by atoms with Crippen LogP contribution in [0.1, 0.15) is 37.2 Å². The zero-order chi connectivity index (χ0) is 16.5. The van der Waals surface area contributed by atoms with Crippen LogP contribution in [0.25, 0.3) is 0 Å². The molecule has 0 atom stereocenters. The van der Waals surface area contributed by atoms with Gasteiger partial charge in [-0.1, -0.05) is 13.3 Å². The molecule has 0 saturated heterocycles. The lowest BCUT2D eigenvalue weighted by Crippen LogP contribution is -2.13. The summed E-state index contributed by atoms with van der Waals surface area (Å²) in [6.07, 6.45) is 3.94. The molecule has 5 nitrogen and oxygen atoms in total. The standard InChI is InChI=1S/C18H23N3O2/c1-3-5-12-19-15-8-11-17(20-13-15)18(22)21-14-6-9-16(10-7-14)23-4-2/h6-11,13,19H,3-5,12H2,1-2H3,(H,21,22). The van der Waals surface area contributed by atoms with Gasteiger partial charge in [-0.05, 0) is 49.7 Å². The zero-order valence-corrected chi connectivity index (χ0v) is 13.6. The lowest BCUT2D eigenvalue weighted by molar-refractivity contribution is 0.102. The fraction of sp³-hybridized carbons (Fsp3) is 0.333. The summed E-state index contributed by atoms with van der Waals surface area (Å²) >= 11 is 0. The highest BCUT2D eigenvalue weighted by atomic mass is 16.5. The number of aromatic nitrogens is 1. The van der Waals surface area contributed by atoms with Crippen LogP contribution in [-0.2, 0) is 0 Å². The van der Waals surface area contributed by atoms with Crippen molar-refractivity contribution >= 4 is 17.3 Å². The molecule has 0 saturated carbocycles. The van der Waals surface area contributed by atoms with Gasteiger partial charge in [0.2, 0.25) is 0 Å². The number of rotatable bonds is 8. The van der Waals surface area contributed by atoms with Crippen molar-refractivity contribution in [2.75, 3.05) is 23.8 Å². The molecule has 5 heteroatoms. The van der Waals surface area contributed by atoms with Gasteiger partial charge in [0.05, 0.1) is 18.5 Å². The molecule has 0 aliphatic rings. The molecular weight excluding hydrogens is 290 g/mol. The van der Waals surface area contributed by atoms with Crippen molar-refractivity contribution in [1.29, 1.82) is 0 Å². The van der Waals surface area contributed by atoms with Gasteiger partial charge in [-0.25, -0.2) is 4.98 Å². The van der Waals surface area contributed by atoms with Gasteiger partial charge in [-0.2, -0.15) is 0 Å². The van der Waals surface area contributed by atoms with Gasteiger partial charge >= 0.3 is 0 Å². The molecule has 0 aliphatic heterocycles. The topological polar surface area (TPSA) is 63.2 Å². The Balaban J connectivity index is 1.92. The molecule has 23 heavy (non-hydrogen) atoms. The number of nitrogens with one attached hydrogen (secondary N) is 2. The van der Waals surface area contributed by atoms with Crippen LogP contribution < -0.4 is 15.4 Å². The largest absolute Gasteiger partial charge is 0.494 e. The third-order valence-corrected chi connectivity index (χ3v) is 3.28. The molecule has 2 aromatic rings. The van der Waals surface area contributed by atoms with Crippen LogP contribution in [0.15, 0.2) is 42.6 Å². The Morgan fingerprint density at radius 1 is 1.09 bits per heavy atom. The van der Waals surface area contributed by atoms with Crippen LogP contribution in [0.5, 0.6) is 5.75 Å². The first kappa shape index (κ1) is 16.8. The maximum atomic E-state index is 12.2. The number of benzene rings is 1. The van der Waals surface area contributed by atoms with E-state index in [9.17, 15) is 4.79 Å². The molecule has 0 radical (unpaired) electrons. The minimum absolute atomic E-state index is 0.228. The highest BCUT2D eigenvalue weighted by molar-refractivity contribution is 6.02. The average Bonchev–Trinajstić information content (AvgIpc) is 2.58. The second kappa shape index (κ2) is 8.78. The minimum atomic E-state index is -0.228. The van der Waals surface area contributed by atoms with Gasteiger partial charge in [0.1, 0.15) is 11.4 Å². The van der Waals surface area contributed by atoms with Crippen molar-refractivity contribution < 1.29 is 9.53 Å². The van der Waals surface area contributed by atoms with Crippen molar-refractivity contribution in [1.82, 2.24) is 4.98 Å². The predicted molar refractivity (Wildman–Crippen MR) is 93.2 cm³/mol. The van der Waals surface area contributed by atoms with Crippen molar-refractivity contribution in [3.63, 3.8) is 0 Å². The number of carbonyl (C=O) groups is 1. The van der Waals surface area contributed by atoms with Crippen LogP contribution in [0.2, 0.25) is 0 Å². The van der Waals surface area contributed by atoms with Crippen LogP contribution in [0.3, 0.4) is 0 Å². The summed E-state index contributed by atoms with van der Waals surface area (Å²) in [5, 5.41) is 6.09. The Hall–Kier alpha value is -2.56. The van der Waals surface area contributed by atoms with E-state index < -0.39 is 0 Å². The number of unbranched alkanes of at least 4 members (excludes halogenated alkanes) is 1. The van der Waals surface area contributed by atoms with Gasteiger partial charge in [0.25, 0.3) is 5.91 Å². The number of carbonyl (C=O) groups excluding carboxylic acids is 1. The second-order valence-electron chi connectivity index (χ2n) is 5.12. The number of nitrogens with zero attached hydrogens (tertiary/aromatic N) is 1. The number of ether oxygens (including phenoxy) is 1. The minimum Gasteiger partial charge on any atom is -0.494 e. The fourth-order valence-corrected chi connectivity index (χ4v) is 2.04. The smallest absolute Gasteiger partial charge is 0.274 e. The van der Waals surface area contributed by atoms with E-state index >= 15 is 0 Å². The van der Waals surface area contributed by atoms with E-state index in [2.05, 4.69) is 22.5 Å². The molecule has 1 heterocycles. The molecule has 2 N–H and O–H groups in total. The first-order valence-electron chi connectivity index (χ1n) is 7.97. The molecule has 0 aliphatic carbocycles. The molecule has 1 aromatic heterocycles. The van der Waals surface area contributed by atoms with Gasteiger partial charge < -0.3 is 15.4 Å². The highest BCUT2D eigenvalue weighted by Gasteiger charge is 2.07. The van der Waals surface area contributed by atoms with Gasteiger partial charge in [0.15, 0.2) is 0 Å². The van der Waals surface area contributed by atoms with E-state index in [0.717, 1.165) is 30.8 Å². The average molecular weight is 313 g/mol. The summed E-state index contributed by atoms with van der Waals surface area (Å²) in [5.74, 6) is 0.556. The summed E-state index contributed by atoms with van der Waals surface area (Å²) in [7, 11) is 0. The van der Waals surface area contributed by atoms with E-state index in [1.165, 1.54) is 0 Å². The monoisotopic (exact) mass is 313 g/mol. The Bertz CT molecular complexity index is 609. The third-order valence-electron chi connectivity index (χ3n) is 3.28. The van der Waals surface area contributed by atoms with Crippen molar-refractivity contribution in [3.8, 4) is 5.75 Å². The maximum absolute atomic E-state index is 12.2. The molecule has 122 valence electrons. The lowest BCUT2D eigenvalue weighted by atomic mass is 10.2. The Morgan fingerprint density at radius 2 is 1.83 bits per heavy atom. The highest BCUT2D eigenvalue weighted by Crippen LogP contribution is 2.16. The molecule has 0 unspecified atom stereocenters. The third kappa shape index (κ3) is 5.29. The number of hydrogen-bond donors (Lipinski definition) is 2. The number of anilines is 2. The van der Waals surface area contributed by atoms with Crippen molar-refractivity contribution in [3.05, 3.63) is 48.3 Å². The molecule has 1 aromatic carbocycles. The summed E-state index contributed by atoms with van der Waals surface area (Å²) < 4.78 is 5.37. The molecule has 1 amide bonds. The van der Waals surface area contributed by atoms with Gasteiger partial charge in [0, 0.05) is 12.2 Å². The summed E-state index contributed by atoms with van der Waals surface area (Å²) in [6.45, 7) is 5.61. The van der Waals surface area contributed by atoms with Gasteiger partial charge in [-0.3, -0.25) is 4.79 Å². The van der Waals surface area contributed by atoms with Crippen molar-refractivity contribution in [2.45, 2.75) is 26.7 Å². The number of hydrogen-bond acceptors (Lipinski definition) is 4. The summed E-state index contributed by atoms with van der Waals surface area (Å²) in [6, 6.07) is 10.9. The molecule has 0 bridgehead atoms. The lowest BCUT2D eigenvalue weighted by Gasteiger charge is -2.08. The van der Waals surface area contributed by atoms with Gasteiger partial charge in [-0.15, -0.1) is 0 Å². The SMILES string of the molecule is CCCCNc1ccc(C(=O)Nc2ccc(OCC)cc2)nc1. The second-order valence-corrected chi connectivity index (χ2v) is 5.12. The maximum Gasteiger partial charge on any atom is 0.274 e. The van der Waals surface area contributed by atoms with E-state index in [4.69, 9.17) is 4.74 Å². The van der Waals surface area contributed by atoms with E-state index in [0.29, 0.717) is 18.0 Å². The predicted octanol–water partition coefficient (Wildman–Crippen LogP) is 3.94.